The van der Waals surface area contributed by atoms with Crippen LogP contribution in [0.2, 0.25) is 0 Å². The molecule has 2 aromatic rings. The van der Waals surface area contributed by atoms with Gasteiger partial charge >= 0.3 is 0 Å². The maximum atomic E-state index is 12.4. The Morgan fingerprint density at radius 2 is 1.95 bits per heavy atom. The summed E-state index contributed by atoms with van der Waals surface area (Å²) >= 11 is 1.46. The number of aryl methyl sites for hydroxylation is 1. The zero-order valence-corrected chi connectivity index (χ0v) is 12.9. The molecule has 1 saturated carbocycles. The molecule has 0 saturated heterocycles. The molecule has 2 heterocycles. The number of nitrogens with zero attached hydrogens (tertiary/aromatic N) is 2. The molecule has 1 amide bonds. The molecule has 1 N–H and O–H groups in total. The summed E-state index contributed by atoms with van der Waals surface area (Å²) < 4.78 is 0. The molecule has 3 rings (SSSR count). The first kappa shape index (κ1) is 14.2. The van der Waals surface area contributed by atoms with Crippen molar-refractivity contribution in [3.63, 3.8) is 0 Å². The Morgan fingerprint density at radius 1 is 1.24 bits per heavy atom. The molecule has 21 heavy (non-hydrogen) atoms. The Labute approximate surface area is 128 Å². The average molecular weight is 301 g/mol. The van der Waals surface area contributed by atoms with Gasteiger partial charge in [0.1, 0.15) is 9.88 Å². The number of thiazole rings is 1. The van der Waals surface area contributed by atoms with E-state index in [0.717, 1.165) is 34.0 Å². The van der Waals surface area contributed by atoms with Gasteiger partial charge in [0.15, 0.2) is 0 Å². The van der Waals surface area contributed by atoms with Gasteiger partial charge in [-0.3, -0.25) is 9.78 Å². The van der Waals surface area contributed by atoms with E-state index in [1.807, 2.05) is 19.1 Å². The lowest BCUT2D eigenvalue weighted by Gasteiger charge is -2.22. The van der Waals surface area contributed by atoms with E-state index in [0.29, 0.717) is 6.04 Å². The molecule has 0 radical (unpaired) electrons. The van der Waals surface area contributed by atoms with Gasteiger partial charge in [-0.2, -0.15) is 0 Å². The SMILES string of the molecule is Cc1nc(-c2ccncc2)sc1C(=O)NC1CCCCC1. The molecule has 0 atom stereocenters. The number of hydrogen-bond donors (Lipinski definition) is 1. The van der Waals surface area contributed by atoms with Crippen molar-refractivity contribution in [1.82, 2.24) is 15.3 Å². The lowest BCUT2D eigenvalue weighted by molar-refractivity contribution is 0.0931. The normalized spacial score (nSPS) is 15.9. The van der Waals surface area contributed by atoms with E-state index in [4.69, 9.17) is 0 Å². The second-order valence-electron chi connectivity index (χ2n) is 5.48. The van der Waals surface area contributed by atoms with Crippen molar-refractivity contribution < 1.29 is 4.79 Å². The highest BCUT2D eigenvalue weighted by molar-refractivity contribution is 7.17. The highest BCUT2D eigenvalue weighted by Gasteiger charge is 2.20. The van der Waals surface area contributed by atoms with Crippen LogP contribution in [-0.4, -0.2) is 21.9 Å². The Balaban J connectivity index is 1.76. The summed E-state index contributed by atoms with van der Waals surface area (Å²) in [7, 11) is 0. The Morgan fingerprint density at radius 3 is 2.67 bits per heavy atom. The van der Waals surface area contributed by atoms with Gasteiger partial charge in [0.25, 0.3) is 5.91 Å². The molecule has 2 aromatic heterocycles. The highest BCUT2D eigenvalue weighted by atomic mass is 32.1. The summed E-state index contributed by atoms with van der Waals surface area (Å²) in [5.41, 5.74) is 1.81. The Bertz CT molecular complexity index is 618. The molecule has 110 valence electrons. The fourth-order valence-electron chi connectivity index (χ4n) is 2.72. The lowest BCUT2D eigenvalue weighted by atomic mass is 9.95. The van der Waals surface area contributed by atoms with E-state index in [2.05, 4.69) is 15.3 Å². The van der Waals surface area contributed by atoms with E-state index < -0.39 is 0 Å². The molecule has 1 aliphatic carbocycles. The standard InChI is InChI=1S/C16H19N3OS/c1-11-14(15(20)19-13-5-3-2-4-6-13)21-16(18-11)12-7-9-17-10-8-12/h7-10,13H,2-6H2,1H3,(H,19,20). The van der Waals surface area contributed by atoms with Gasteiger partial charge < -0.3 is 5.32 Å². The first-order valence-corrected chi connectivity index (χ1v) is 8.24. The summed E-state index contributed by atoms with van der Waals surface area (Å²) in [5.74, 6) is 0.0252. The number of nitrogens with one attached hydrogen (secondary N) is 1. The van der Waals surface area contributed by atoms with Crippen LogP contribution in [0, 0.1) is 6.92 Å². The Kier molecular flexibility index (Phi) is 4.29. The third kappa shape index (κ3) is 3.29. The zero-order chi connectivity index (χ0) is 14.7. The second kappa shape index (κ2) is 6.35. The molecule has 0 spiro atoms. The van der Waals surface area contributed by atoms with Gasteiger partial charge in [-0.05, 0) is 31.9 Å². The summed E-state index contributed by atoms with van der Waals surface area (Å²) in [4.78, 5) is 21.7. The molecule has 5 heteroatoms. The number of carbonyl (C=O) groups excluding carboxylic acids is 1. The van der Waals surface area contributed by atoms with Crippen molar-refractivity contribution in [3.05, 3.63) is 35.1 Å². The minimum Gasteiger partial charge on any atom is -0.349 e. The van der Waals surface area contributed by atoms with Crippen molar-refractivity contribution in [2.45, 2.75) is 45.1 Å². The average Bonchev–Trinajstić information content (AvgIpc) is 2.91. The first-order valence-electron chi connectivity index (χ1n) is 7.43. The second-order valence-corrected chi connectivity index (χ2v) is 6.48. The number of carbonyl (C=O) groups is 1. The minimum absolute atomic E-state index is 0.0252. The van der Waals surface area contributed by atoms with E-state index in [1.165, 1.54) is 30.6 Å². The molecule has 0 unspecified atom stereocenters. The first-order chi connectivity index (χ1) is 10.2. The third-order valence-electron chi connectivity index (χ3n) is 3.87. The van der Waals surface area contributed by atoms with Crippen LogP contribution in [0.3, 0.4) is 0 Å². The van der Waals surface area contributed by atoms with Gasteiger partial charge in [-0.15, -0.1) is 11.3 Å². The summed E-state index contributed by atoms with van der Waals surface area (Å²) in [6.45, 7) is 1.90. The monoisotopic (exact) mass is 301 g/mol. The summed E-state index contributed by atoms with van der Waals surface area (Å²) in [6.07, 6.45) is 9.41. The Hall–Kier alpha value is -1.75. The molecule has 0 aliphatic heterocycles. The van der Waals surface area contributed by atoms with Gasteiger partial charge in [0.2, 0.25) is 0 Å². The number of hydrogen-bond acceptors (Lipinski definition) is 4. The minimum atomic E-state index is 0.0252. The quantitative estimate of drug-likeness (QED) is 0.942. The van der Waals surface area contributed by atoms with Crippen molar-refractivity contribution in [2.24, 2.45) is 0 Å². The molecule has 4 nitrogen and oxygen atoms in total. The third-order valence-corrected chi connectivity index (χ3v) is 5.08. The van der Waals surface area contributed by atoms with Crippen LogP contribution in [0.25, 0.3) is 10.6 Å². The van der Waals surface area contributed by atoms with Crippen LogP contribution in [0.5, 0.6) is 0 Å². The van der Waals surface area contributed by atoms with E-state index in [9.17, 15) is 4.79 Å². The number of aromatic nitrogens is 2. The fourth-order valence-corrected chi connectivity index (χ4v) is 3.70. The van der Waals surface area contributed by atoms with Gasteiger partial charge in [0.05, 0.1) is 5.69 Å². The van der Waals surface area contributed by atoms with Crippen molar-refractivity contribution in [1.29, 1.82) is 0 Å². The molecule has 1 fully saturated rings. The lowest BCUT2D eigenvalue weighted by Crippen LogP contribution is -2.36. The van der Waals surface area contributed by atoms with Crippen LogP contribution in [0.1, 0.15) is 47.5 Å². The number of pyridine rings is 1. The highest BCUT2D eigenvalue weighted by Crippen LogP contribution is 2.28. The predicted molar refractivity (Wildman–Crippen MR) is 84.4 cm³/mol. The van der Waals surface area contributed by atoms with Crippen molar-refractivity contribution in [3.8, 4) is 10.6 Å². The topological polar surface area (TPSA) is 54.9 Å². The van der Waals surface area contributed by atoms with Crippen LogP contribution in [0.15, 0.2) is 24.5 Å². The maximum Gasteiger partial charge on any atom is 0.263 e. The van der Waals surface area contributed by atoms with Crippen LogP contribution in [-0.2, 0) is 0 Å². The predicted octanol–water partition coefficient (Wildman–Crippen LogP) is 3.58. The fraction of sp³-hybridized carbons (Fsp3) is 0.438. The van der Waals surface area contributed by atoms with Gasteiger partial charge in [0, 0.05) is 24.0 Å². The van der Waals surface area contributed by atoms with Gasteiger partial charge in [-0.25, -0.2) is 4.98 Å². The molecular formula is C16H19N3OS. The largest absolute Gasteiger partial charge is 0.349 e. The van der Waals surface area contributed by atoms with Crippen LogP contribution < -0.4 is 5.32 Å². The van der Waals surface area contributed by atoms with Crippen molar-refractivity contribution >= 4 is 17.2 Å². The van der Waals surface area contributed by atoms with E-state index in [-0.39, 0.29) is 5.91 Å². The van der Waals surface area contributed by atoms with E-state index in [1.54, 1.807) is 12.4 Å². The maximum absolute atomic E-state index is 12.4. The van der Waals surface area contributed by atoms with Crippen molar-refractivity contribution in [2.75, 3.05) is 0 Å². The van der Waals surface area contributed by atoms with E-state index >= 15 is 0 Å². The molecular weight excluding hydrogens is 282 g/mol. The molecule has 0 aromatic carbocycles. The zero-order valence-electron chi connectivity index (χ0n) is 12.1. The molecule has 0 bridgehead atoms. The summed E-state index contributed by atoms with van der Waals surface area (Å²) in [6, 6.07) is 4.17. The summed E-state index contributed by atoms with van der Waals surface area (Å²) in [5, 5.41) is 4.04. The smallest absolute Gasteiger partial charge is 0.263 e. The molecule has 1 aliphatic rings. The van der Waals surface area contributed by atoms with Crippen LogP contribution >= 0.6 is 11.3 Å². The van der Waals surface area contributed by atoms with Crippen LogP contribution in [0.4, 0.5) is 0 Å². The van der Waals surface area contributed by atoms with Gasteiger partial charge in [-0.1, -0.05) is 19.3 Å². The number of amides is 1. The number of rotatable bonds is 3.